The Labute approximate surface area is 84.1 Å². The predicted octanol–water partition coefficient (Wildman–Crippen LogP) is 0.219. The van der Waals surface area contributed by atoms with Gasteiger partial charge in [-0.2, -0.15) is 0 Å². The van der Waals surface area contributed by atoms with E-state index in [9.17, 15) is 0 Å². The van der Waals surface area contributed by atoms with Gasteiger partial charge in [0, 0.05) is 25.5 Å². The van der Waals surface area contributed by atoms with Gasteiger partial charge < -0.3 is 19.3 Å². The van der Waals surface area contributed by atoms with Crippen molar-refractivity contribution in [2.45, 2.75) is 25.3 Å². The molecule has 3 heterocycles. The predicted molar refractivity (Wildman–Crippen MR) is 51.5 cm³/mol. The van der Waals surface area contributed by atoms with E-state index < -0.39 is 0 Å². The van der Waals surface area contributed by atoms with Crippen LogP contribution in [0, 0.1) is 0 Å². The lowest BCUT2D eigenvalue weighted by molar-refractivity contribution is 0.151. The van der Waals surface area contributed by atoms with Crippen LogP contribution in [-0.2, 0) is 9.47 Å². The fourth-order valence-corrected chi connectivity index (χ4v) is 1.85. The SMILES string of the molecule is CC1N(CC2CO2)C=CN1CC1CO1. The van der Waals surface area contributed by atoms with Crippen molar-refractivity contribution in [3.63, 3.8) is 0 Å². The van der Waals surface area contributed by atoms with Crippen LogP contribution in [0.3, 0.4) is 0 Å². The van der Waals surface area contributed by atoms with Crippen molar-refractivity contribution in [2.75, 3.05) is 26.3 Å². The molecule has 4 nitrogen and oxygen atoms in total. The zero-order valence-corrected chi connectivity index (χ0v) is 8.43. The largest absolute Gasteiger partial charge is 0.371 e. The van der Waals surface area contributed by atoms with Crippen LogP contribution in [0.1, 0.15) is 6.92 Å². The third kappa shape index (κ3) is 1.72. The second kappa shape index (κ2) is 3.14. The molecule has 4 heteroatoms. The van der Waals surface area contributed by atoms with Crippen molar-refractivity contribution in [3.05, 3.63) is 12.4 Å². The van der Waals surface area contributed by atoms with Crippen LogP contribution < -0.4 is 0 Å². The molecule has 2 fully saturated rings. The Morgan fingerprint density at radius 2 is 1.50 bits per heavy atom. The van der Waals surface area contributed by atoms with E-state index in [1.54, 1.807) is 0 Å². The standard InChI is InChI=1S/C10H16N2O2/c1-8-11(4-9-6-13-9)2-3-12(8)5-10-7-14-10/h2-3,8-10H,4-7H2,1H3. The highest BCUT2D eigenvalue weighted by Gasteiger charge is 2.33. The number of rotatable bonds is 4. The maximum absolute atomic E-state index is 5.23. The van der Waals surface area contributed by atoms with Gasteiger partial charge in [0.05, 0.1) is 31.6 Å². The van der Waals surface area contributed by atoms with Gasteiger partial charge >= 0.3 is 0 Å². The Bertz CT molecular complexity index is 225. The molecule has 3 aliphatic heterocycles. The molecule has 0 bridgehead atoms. The summed E-state index contributed by atoms with van der Waals surface area (Å²) in [5.74, 6) is 0. The Morgan fingerprint density at radius 3 is 1.86 bits per heavy atom. The molecule has 14 heavy (non-hydrogen) atoms. The van der Waals surface area contributed by atoms with Crippen molar-refractivity contribution in [3.8, 4) is 0 Å². The van der Waals surface area contributed by atoms with Gasteiger partial charge in [0.2, 0.25) is 0 Å². The fraction of sp³-hybridized carbons (Fsp3) is 0.800. The molecule has 0 aromatic rings. The molecule has 3 aliphatic rings. The molecular formula is C10H16N2O2. The molecule has 2 unspecified atom stereocenters. The Hall–Kier alpha value is -0.740. The molecule has 3 rings (SSSR count). The lowest BCUT2D eigenvalue weighted by Crippen LogP contribution is -2.39. The second-order valence-corrected chi connectivity index (χ2v) is 4.23. The maximum atomic E-state index is 5.23. The second-order valence-electron chi connectivity index (χ2n) is 4.23. The van der Waals surface area contributed by atoms with Crippen LogP contribution in [0.25, 0.3) is 0 Å². The summed E-state index contributed by atoms with van der Waals surface area (Å²) in [7, 11) is 0. The molecule has 78 valence electrons. The molecule has 0 radical (unpaired) electrons. The quantitative estimate of drug-likeness (QED) is 0.602. The number of hydrogen-bond acceptors (Lipinski definition) is 4. The molecular weight excluding hydrogens is 180 g/mol. The third-order valence-electron chi connectivity index (χ3n) is 3.04. The van der Waals surface area contributed by atoms with E-state index in [4.69, 9.17) is 9.47 Å². The Morgan fingerprint density at radius 1 is 1.07 bits per heavy atom. The van der Waals surface area contributed by atoms with Gasteiger partial charge in [-0.15, -0.1) is 0 Å². The van der Waals surface area contributed by atoms with Crippen molar-refractivity contribution >= 4 is 0 Å². The molecule has 0 aromatic carbocycles. The van der Waals surface area contributed by atoms with E-state index in [1.165, 1.54) is 0 Å². The average Bonchev–Trinajstić information content (AvgIpc) is 3.03. The van der Waals surface area contributed by atoms with Crippen molar-refractivity contribution in [2.24, 2.45) is 0 Å². The zero-order valence-electron chi connectivity index (χ0n) is 8.43. The highest BCUT2D eigenvalue weighted by molar-refractivity contribution is 4.98. The highest BCUT2D eigenvalue weighted by atomic mass is 16.6. The number of epoxide rings is 2. The minimum Gasteiger partial charge on any atom is -0.371 e. The van der Waals surface area contributed by atoms with E-state index in [2.05, 4.69) is 29.1 Å². The normalized spacial score (nSPS) is 39.4. The Balaban J connectivity index is 1.53. The number of hydrogen-bond donors (Lipinski definition) is 0. The molecule has 0 saturated carbocycles. The van der Waals surface area contributed by atoms with Gasteiger partial charge in [-0.3, -0.25) is 0 Å². The fourth-order valence-electron chi connectivity index (χ4n) is 1.85. The summed E-state index contributed by atoms with van der Waals surface area (Å²) < 4.78 is 10.5. The summed E-state index contributed by atoms with van der Waals surface area (Å²) in [6, 6.07) is 0. The maximum Gasteiger partial charge on any atom is 0.0984 e. The van der Waals surface area contributed by atoms with Gasteiger partial charge in [-0.25, -0.2) is 0 Å². The average molecular weight is 196 g/mol. The highest BCUT2D eigenvalue weighted by Crippen LogP contribution is 2.22. The van der Waals surface area contributed by atoms with Crippen molar-refractivity contribution < 1.29 is 9.47 Å². The molecule has 2 atom stereocenters. The smallest absolute Gasteiger partial charge is 0.0984 e. The van der Waals surface area contributed by atoms with Crippen molar-refractivity contribution in [1.29, 1.82) is 0 Å². The first-order chi connectivity index (χ1) is 6.83. The van der Waals surface area contributed by atoms with Crippen LogP contribution in [0.2, 0.25) is 0 Å². The summed E-state index contributed by atoms with van der Waals surface area (Å²) in [6.45, 7) is 6.15. The first-order valence-electron chi connectivity index (χ1n) is 5.26. The monoisotopic (exact) mass is 196 g/mol. The molecule has 0 N–H and O–H groups in total. The van der Waals surface area contributed by atoms with E-state index in [1.807, 2.05) is 0 Å². The molecule has 0 amide bonds. The van der Waals surface area contributed by atoms with Crippen LogP contribution in [0.5, 0.6) is 0 Å². The molecule has 2 saturated heterocycles. The molecule has 0 spiro atoms. The first kappa shape index (κ1) is 8.56. The van der Waals surface area contributed by atoms with E-state index in [-0.39, 0.29) is 0 Å². The van der Waals surface area contributed by atoms with Gasteiger partial charge in [0.15, 0.2) is 0 Å². The van der Waals surface area contributed by atoms with E-state index in [0.717, 1.165) is 26.3 Å². The summed E-state index contributed by atoms with van der Waals surface area (Å²) in [5, 5.41) is 0. The van der Waals surface area contributed by atoms with Crippen LogP contribution in [-0.4, -0.2) is 54.5 Å². The Kier molecular flexibility index (Phi) is 1.92. The van der Waals surface area contributed by atoms with Crippen LogP contribution in [0.15, 0.2) is 12.4 Å². The molecule has 0 aliphatic carbocycles. The van der Waals surface area contributed by atoms with Gasteiger partial charge in [-0.1, -0.05) is 0 Å². The number of ether oxygens (including phenoxy) is 2. The molecule has 0 aromatic heterocycles. The summed E-state index contributed by atoms with van der Waals surface area (Å²) in [6.07, 6.45) is 5.73. The minimum atomic E-state index is 0.461. The van der Waals surface area contributed by atoms with Gasteiger partial charge in [0.25, 0.3) is 0 Å². The van der Waals surface area contributed by atoms with Crippen LogP contribution in [0.4, 0.5) is 0 Å². The zero-order chi connectivity index (χ0) is 9.54. The third-order valence-corrected chi connectivity index (χ3v) is 3.04. The summed E-state index contributed by atoms with van der Waals surface area (Å²) in [5.41, 5.74) is 0. The van der Waals surface area contributed by atoms with E-state index in [0.29, 0.717) is 18.4 Å². The first-order valence-corrected chi connectivity index (χ1v) is 5.26. The van der Waals surface area contributed by atoms with Crippen molar-refractivity contribution in [1.82, 2.24) is 9.80 Å². The van der Waals surface area contributed by atoms with Gasteiger partial charge in [-0.05, 0) is 6.92 Å². The summed E-state index contributed by atoms with van der Waals surface area (Å²) in [4.78, 5) is 4.67. The lowest BCUT2D eigenvalue weighted by Gasteiger charge is -2.28. The number of nitrogens with zero attached hydrogens (tertiary/aromatic N) is 2. The summed E-state index contributed by atoms with van der Waals surface area (Å²) >= 11 is 0. The lowest BCUT2D eigenvalue weighted by atomic mass is 10.3. The minimum absolute atomic E-state index is 0.461. The van der Waals surface area contributed by atoms with E-state index >= 15 is 0 Å². The van der Waals surface area contributed by atoms with Crippen LogP contribution >= 0.6 is 0 Å². The van der Waals surface area contributed by atoms with Gasteiger partial charge in [0.1, 0.15) is 0 Å². The topological polar surface area (TPSA) is 31.5 Å².